The molecular formula is C19H21NO2S. The number of fused-ring (bicyclic) bond motifs is 3. The average molecular weight is 327 g/mol. The van der Waals surface area contributed by atoms with Gasteiger partial charge in [0.15, 0.2) is 0 Å². The maximum atomic E-state index is 12.5. The van der Waals surface area contributed by atoms with E-state index in [0.29, 0.717) is 12.2 Å². The van der Waals surface area contributed by atoms with Gasteiger partial charge in [-0.3, -0.25) is 0 Å². The summed E-state index contributed by atoms with van der Waals surface area (Å²) in [4.78, 5) is 14.7. The minimum absolute atomic E-state index is 0.227. The van der Waals surface area contributed by atoms with Crippen molar-refractivity contribution in [1.82, 2.24) is 4.90 Å². The number of ether oxygens (including phenoxy) is 1. The van der Waals surface area contributed by atoms with Crippen molar-refractivity contribution in [2.75, 3.05) is 26.2 Å². The highest BCUT2D eigenvalue weighted by atomic mass is 32.1. The minimum Gasteiger partial charge on any atom is -0.461 e. The molecule has 0 amide bonds. The predicted octanol–water partition coefficient (Wildman–Crippen LogP) is 4.55. The lowest BCUT2D eigenvalue weighted by Gasteiger charge is -2.17. The number of esters is 1. The van der Waals surface area contributed by atoms with E-state index in [1.807, 2.05) is 24.3 Å². The molecule has 0 unspecified atom stereocenters. The van der Waals surface area contributed by atoms with E-state index in [0.717, 1.165) is 29.7 Å². The van der Waals surface area contributed by atoms with E-state index in [-0.39, 0.29) is 5.97 Å². The molecule has 0 N–H and O–H groups in total. The standard InChI is InChI=1S/C19H21NO2S/c1-3-20(4-2)12-13-22-19(21)16-10-7-9-15-14-8-5-6-11-17(14)23-18(15)16/h5-11H,3-4,12-13H2,1-2H3. The highest BCUT2D eigenvalue weighted by Crippen LogP contribution is 2.35. The second-order valence-electron chi connectivity index (χ2n) is 5.44. The minimum atomic E-state index is -0.227. The first-order valence-electron chi connectivity index (χ1n) is 8.04. The fourth-order valence-corrected chi connectivity index (χ4v) is 4.00. The average Bonchev–Trinajstić information content (AvgIpc) is 2.97. The van der Waals surface area contributed by atoms with Crippen molar-refractivity contribution in [2.24, 2.45) is 0 Å². The highest BCUT2D eigenvalue weighted by molar-refractivity contribution is 7.26. The first-order chi connectivity index (χ1) is 11.2. The number of rotatable bonds is 6. The maximum Gasteiger partial charge on any atom is 0.339 e. The van der Waals surface area contributed by atoms with Crippen LogP contribution in [0.2, 0.25) is 0 Å². The molecule has 3 aromatic rings. The first-order valence-corrected chi connectivity index (χ1v) is 8.86. The van der Waals surface area contributed by atoms with Crippen molar-refractivity contribution in [3.05, 3.63) is 48.0 Å². The van der Waals surface area contributed by atoms with E-state index in [9.17, 15) is 4.79 Å². The molecule has 120 valence electrons. The summed E-state index contributed by atoms with van der Waals surface area (Å²) in [7, 11) is 0. The number of carbonyl (C=O) groups is 1. The normalized spacial score (nSPS) is 11.4. The smallest absolute Gasteiger partial charge is 0.339 e. The third-order valence-electron chi connectivity index (χ3n) is 4.16. The van der Waals surface area contributed by atoms with E-state index >= 15 is 0 Å². The van der Waals surface area contributed by atoms with E-state index in [2.05, 4.69) is 36.9 Å². The van der Waals surface area contributed by atoms with Crippen LogP contribution in [0.4, 0.5) is 0 Å². The maximum absolute atomic E-state index is 12.5. The largest absolute Gasteiger partial charge is 0.461 e. The Kier molecular flexibility index (Phi) is 4.94. The van der Waals surface area contributed by atoms with Crippen LogP contribution in [0, 0.1) is 0 Å². The molecule has 0 aliphatic heterocycles. The Labute approximate surface area is 140 Å². The molecule has 3 nitrogen and oxygen atoms in total. The number of carbonyl (C=O) groups excluding carboxylic acids is 1. The second kappa shape index (κ2) is 7.11. The molecule has 1 aromatic heterocycles. The van der Waals surface area contributed by atoms with Crippen LogP contribution in [-0.4, -0.2) is 37.1 Å². The molecule has 0 saturated heterocycles. The van der Waals surface area contributed by atoms with Crippen LogP contribution in [0.15, 0.2) is 42.5 Å². The van der Waals surface area contributed by atoms with Gasteiger partial charge in [-0.1, -0.05) is 44.2 Å². The zero-order chi connectivity index (χ0) is 16.2. The Morgan fingerprint density at radius 1 is 1.04 bits per heavy atom. The summed E-state index contributed by atoms with van der Waals surface area (Å²) in [6.07, 6.45) is 0. The lowest BCUT2D eigenvalue weighted by Crippen LogP contribution is -2.27. The topological polar surface area (TPSA) is 29.5 Å². The van der Waals surface area contributed by atoms with E-state index in [1.54, 1.807) is 11.3 Å². The van der Waals surface area contributed by atoms with Crippen molar-refractivity contribution in [2.45, 2.75) is 13.8 Å². The van der Waals surface area contributed by atoms with Gasteiger partial charge in [-0.15, -0.1) is 11.3 Å². The van der Waals surface area contributed by atoms with Gasteiger partial charge in [-0.05, 0) is 25.2 Å². The number of nitrogens with zero attached hydrogens (tertiary/aromatic N) is 1. The second-order valence-corrected chi connectivity index (χ2v) is 6.50. The molecule has 0 fully saturated rings. The van der Waals surface area contributed by atoms with Crippen molar-refractivity contribution >= 4 is 37.5 Å². The van der Waals surface area contributed by atoms with Crippen LogP contribution in [-0.2, 0) is 4.74 Å². The molecule has 0 atom stereocenters. The van der Waals surface area contributed by atoms with Crippen LogP contribution in [0.5, 0.6) is 0 Å². The number of benzene rings is 2. The number of likely N-dealkylation sites (N-methyl/N-ethyl adjacent to an activating group) is 1. The molecule has 4 heteroatoms. The molecule has 1 heterocycles. The van der Waals surface area contributed by atoms with Crippen LogP contribution >= 0.6 is 11.3 Å². The zero-order valence-electron chi connectivity index (χ0n) is 13.5. The van der Waals surface area contributed by atoms with Crippen LogP contribution in [0.3, 0.4) is 0 Å². The van der Waals surface area contributed by atoms with Gasteiger partial charge in [-0.2, -0.15) is 0 Å². The lowest BCUT2D eigenvalue weighted by molar-refractivity contribution is 0.0469. The Bertz CT molecular complexity index is 820. The SMILES string of the molecule is CCN(CC)CCOC(=O)c1cccc2c1sc1ccccc12. The monoisotopic (exact) mass is 327 g/mol. The fraction of sp³-hybridized carbons (Fsp3) is 0.316. The van der Waals surface area contributed by atoms with Gasteiger partial charge < -0.3 is 9.64 Å². The summed E-state index contributed by atoms with van der Waals surface area (Å²) in [6.45, 7) is 7.38. The summed E-state index contributed by atoms with van der Waals surface area (Å²) in [5.74, 6) is -0.227. The van der Waals surface area contributed by atoms with Gasteiger partial charge >= 0.3 is 5.97 Å². The molecule has 0 aliphatic carbocycles. The van der Waals surface area contributed by atoms with Crippen molar-refractivity contribution in [3.63, 3.8) is 0 Å². The predicted molar refractivity (Wildman–Crippen MR) is 97.4 cm³/mol. The van der Waals surface area contributed by atoms with E-state index in [4.69, 9.17) is 4.74 Å². The summed E-state index contributed by atoms with van der Waals surface area (Å²) in [5.41, 5.74) is 0.670. The van der Waals surface area contributed by atoms with Gasteiger partial charge in [0.25, 0.3) is 0 Å². The quantitative estimate of drug-likeness (QED) is 0.622. The summed E-state index contributed by atoms with van der Waals surface area (Å²) < 4.78 is 7.71. The van der Waals surface area contributed by atoms with Gasteiger partial charge in [0.2, 0.25) is 0 Å². The third-order valence-corrected chi connectivity index (χ3v) is 5.38. The Morgan fingerprint density at radius 2 is 1.78 bits per heavy atom. The molecule has 3 rings (SSSR count). The van der Waals surface area contributed by atoms with E-state index in [1.165, 1.54) is 10.1 Å². The Hall–Kier alpha value is -1.91. The molecule has 23 heavy (non-hydrogen) atoms. The Balaban J connectivity index is 1.83. The van der Waals surface area contributed by atoms with Gasteiger partial charge in [0.05, 0.1) is 10.3 Å². The van der Waals surface area contributed by atoms with Gasteiger partial charge in [0, 0.05) is 22.0 Å². The van der Waals surface area contributed by atoms with Crippen molar-refractivity contribution < 1.29 is 9.53 Å². The molecule has 0 spiro atoms. The molecule has 0 aliphatic rings. The first kappa shape index (κ1) is 16.0. The molecule has 0 radical (unpaired) electrons. The number of hydrogen-bond donors (Lipinski definition) is 0. The number of thiophene rings is 1. The molecule has 0 bridgehead atoms. The highest BCUT2D eigenvalue weighted by Gasteiger charge is 2.15. The number of hydrogen-bond acceptors (Lipinski definition) is 4. The summed E-state index contributed by atoms with van der Waals surface area (Å²) in [5, 5.41) is 2.33. The van der Waals surface area contributed by atoms with E-state index < -0.39 is 0 Å². The van der Waals surface area contributed by atoms with Crippen molar-refractivity contribution in [3.8, 4) is 0 Å². The van der Waals surface area contributed by atoms with Crippen molar-refractivity contribution in [1.29, 1.82) is 0 Å². The Morgan fingerprint density at radius 3 is 2.57 bits per heavy atom. The third kappa shape index (κ3) is 3.23. The fourth-order valence-electron chi connectivity index (χ4n) is 2.79. The van der Waals surface area contributed by atoms with Crippen LogP contribution in [0.25, 0.3) is 20.2 Å². The lowest BCUT2D eigenvalue weighted by atomic mass is 10.1. The molecule has 2 aromatic carbocycles. The molecular weight excluding hydrogens is 306 g/mol. The zero-order valence-corrected chi connectivity index (χ0v) is 14.4. The van der Waals surface area contributed by atoms with Gasteiger partial charge in [-0.25, -0.2) is 4.79 Å². The summed E-state index contributed by atoms with van der Waals surface area (Å²) >= 11 is 1.65. The van der Waals surface area contributed by atoms with Crippen LogP contribution in [0.1, 0.15) is 24.2 Å². The molecule has 0 saturated carbocycles. The summed E-state index contributed by atoms with van der Waals surface area (Å²) in [6, 6.07) is 14.1. The van der Waals surface area contributed by atoms with Gasteiger partial charge in [0.1, 0.15) is 6.61 Å². The van der Waals surface area contributed by atoms with Crippen LogP contribution < -0.4 is 0 Å².